The molecule has 0 aromatic rings. The molecule has 1 saturated heterocycles. The minimum atomic E-state index is -1.88. The highest BCUT2D eigenvalue weighted by Crippen LogP contribution is 2.67. The Labute approximate surface area is 249 Å². The number of carboxylic acid groups (broad SMARTS) is 1. The summed E-state index contributed by atoms with van der Waals surface area (Å²) in [4.78, 5) is 48.8. The third-order valence-corrected chi connectivity index (χ3v) is 11.2. The van der Waals surface area contributed by atoms with Crippen molar-refractivity contribution in [3.05, 3.63) is 0 Å². The predicted molar refractivity (Wildman–Crippen MR) is 143 cm³/mol. The molecule has 0 amide bonds. The largest absolute Gasteiger partial charge is 0.479 e. The second-order valence-corrected chi connectivity index (χ2v) is 13.5. The Kier molecular flexibility index (Phi) is 8.96. The van der Waals surface area contributed by atoms with Gasteiger partial charge < -0.3 is 39.4 Å². The van der Waals surface area contributed by atoms with Gasteiger partial charge in [-0.1, -0.05) is 6.92 Å². The summed E-state index contributed by atoms with van der Waals surface area (Å²) in [6, 6.07) is 0. The van der Waals surface area contributed by atoms with Gasteiger partial charge in [0.25, 0.3) is 0 Å². The molecule has 0 aromatic carbocycles. The number of Topliss-reactive ketones (excluding diaryl/α,β-unsaturated/α-hetero) is 1. The number of carbonyl (C=O) groups excluding carboxylic acids is 3. The van der Waals surface area contributed by atoms with Gasteiger partial charge in [0, 0.05) is 31.6 Å². The zero-order valence-electron chi connectivity index (χ0n) is 24.7. The number of carboxylic acids is 1. The average molecular weight is 615 g/mol. The van der Waals surface area contributed by atoms with Gasteiger partial charge in [0.15, 0.2) is 23.8 Å². The number of alkyl halides is 1. The Morgan fingerprint density at radius 3 is 2.16 bits per heavy atom. The minimum Gasteiger partial charge on any atom is -0.479 e. The molecule has 4 aliphatic carbocycles. The van der Waals surface area contributed by atoms with Crippen molar-refractivity contribution in [1.82, 2.24) is 0 Å². The molecule has 0 bridgehead atoms. The van der Waals surface area contributed by atoms with Gasteiger partial charge in [0.05, 0.1) is 0 Å². The third kappa shape index (κ3) is 5.60. The smallest absolute Gasteiger partial charge is 0.335 e. The zero-order chi connectivity index (χ0) is 31.4. The summed E-state index contributed by atoms with van der Waals surface area (Å²) in [6.07, 6.45) is -6.24. The molecule has 0 radical (unpaired) electrons. The van der Waals surface area contributed by atoms with Crippen molar-refractivity contribution in [3.8, 4) is 0 Å². The molecule has 43 heavy (non-hydrogen) atoms. The highest BCUT2D eigenvalue weighted by atomic mass is 19.1. The lowest BCUT2D eigenvalue weighted by Gasteiger charge is -2.61. The van der Waals surface area contributed by atoms with E-state index >= 15 is 4.39 Å². The van der Waals surface area contributed by atoms with E-state index in [-0.39, 0.29) is 42.0 Å². The van der Waals surface area contributed by atoms with Crippen molar-refractivity contribution in [2.75, 3.05) is 6.61 Å². The molecule has 0 spiro atoms. The maximum Gasteiger partial charge on any atom is 0.335 e. The number of ketones is 1. The standard InChI is InChI=1S/C30H43FO12/c1-13(32)41-16-5-7-17-15(10-16)4-6-19-18-8-9-20(29(18,3)11-22(30(17,19)31)42-14(2)33)21(34)12-40-28-25(37)23(35)24(36)26(43-28)27(38)39/h15-20,22-26,28,35-37H,4-12H2,1-3H3,(H,38,39)/t15-,16-,17-,18-,19-,20+,22+,23-,24-,25+,26-,28?,29-,30-/m0/s1. The Balaban J connectivity index is 1.33. The zero-order valence-corrected chi connectivity index (χ0v) is 24.7. The normalized spacial score (nSPS) is 47.4. The van der Waals surface area contributed by atoms with E-state index in [4.69, 9.17) is 18.9 Å². The maximum atomic E-state index is 17.7. The molecule has 5 aliphatic rings. The summed E-state index contributed by atoms with van der Waals surface area (Å²) in [5.74, 6) is -4.41. The lowest BCUT2D eigenvalue weighted by Crippen LogP contribution is -2.66. The summed E-state index contributed by atoms with van der Waals surface area (Å²) >= 11 is 0. The average Bonchev–Trinajstić information content (AvgIpc) is 3.26. The number of ether oxygens (including phenoxy) is 4. The molecule has 14 atom stereocenters. The number of aliphatic hydroxyl groups excluding tert-OH is 3. The first-order valence-corrected chi connectivity index (χ1v) is 15.3. The summed E-state index contributed by atoms with van der Waals surface area (Å²) in [5, 5.41) is 39.5. The molecule has 5 rings (SSSR count). The number of hydrogen-bond donors (Lipinski definition) is 4. The molecule has 4 saturated carbocycles. The number of aliphatic hydroxyl groups is 3. The lowest BCUT2D eigenvalue weighted by molar-refractivity contribution is -0.292. The first kappa shape index (κ1) is 32.2. The SMILES string of the molecule is CC(=O)O[C@H]1CC[C@H]2[C@@H](CC[C@H]3[C@@H]4CC[C@H](C(=O)COC5O[C@H](C(=O)O)[C@@H](O)[C@H](O)[C@H]5O)[C@@]4(C)C[C@@H](OC(C)=O)[C@]23F)C1. The van der Waals surface area contributed by atoms with Crippen LogP contribution in [0.4, 0.5) is 4.39 Å². The van der Waals surface area contributed by atoms with Gasteiger partial charge in [-0.15, -0.1) is 0 Å². The predicted octanol–water partition coefficient (Wildman–Crippen LogP) is 1.30. The molecule has 5 fully saturated rings. The number of aliphatic carboxylic acids is 1. The number of rotatable bonds is 7. The molecule has 1 heterocycles. The Bertz CT molecular complexity index is 1120. The van der Waals surface area contributed by atoms with Crippen LogP contribution in [0.25, 0.3) is 0 Å². The molecule has 13 heteroatoms. The Morgan fingerprint density at radius 2 is 1.51 bits per heavy atom. The third-order valence-electron chi connectivity index (χ3n) is 11.2. The van der Waals surface area contributed by atoms with E-state index in [2.05, 4.69) is 0 Å². The topological polar surface area (TPSA) is 186 Å². The van der Waals surface area contributed by atoms with Crippen LogP contribution in [0.2, 0.25) is 0 Å². The number of fused-ring (bicyclic) bond motifs is 5. The fraction of sp³-hybridized carbons (Fsp3) is 0.867. The monoisotopic (exact) mass is 614 g/mol. The fourth-order valence-corrected chi connectivity index (χ4v) is 9.43. The van der Waals surface area contributed by atoms with Crippen LogP contribution in [0.3, 0.4) is 0 Å². The second-order valence-electron chi connectivity index (χ2n) is 13.5. The van der Waals surface area contributed by atoms with E-state index in [1.807, 2.05) is 6.92 Å². The minimum absolute atomic E-state index is 0.0144. The van der Waals surface area contributed by atoms with Crippen LogP contribution in [0, 0.1) is 35.0 Å². The van der Waals surface area contributed by atoms with Crippen molar-refractivity contribution in [1.29, 1.82) is 0 Å². The van der Waals surface area contributed by atoms with E-state index in [9.17, 15) is 39.6 Å². The molecule has 1 aliphatic heterocycles. The van der Waals surface area contributed by atoms with Crippen LogP contribution in [-0.2, 0) is 38.1 Å². The number of hydrogen-bond acceptors (Lipinski definition) is 11. The van der Waals surface area contributed by atoms with Gasteiger partial charge in [0.1, 0.15) is 37.1 Å². The van der Waals surface area contributed by atoms with Gasteiger partial charge in [-0.25, -0.2) is 9.18 Å². The lowest BCUT2D eigenvalue weighted by atomic mass is 9.47. The molecular formula is C30H43FO12. The molecular weight excluding hydrogens is 571 g/mol. The molecule has 242 valence electrons. The van der Waals surface area contributed by atoms with Crippen LogP contribution < -0.4 is 0 Å². The summed E-state index contributed by atoms with van der Waals surface area (Å²) in [6.45, 7) is 3.99. The van der Waals surface area contributed by atoms with Crippen molar-refractivity contribution in [2.45, 2.75) is 121 Å². The Hall–Kier alpha value is -2.19. The molecule has 12 nitrogen and oxygen atoms in total. The second kappa shape index (κ2) is 12.0. The summed E-state index contributed by atoms with van der Waals surface area (Å²) in [5.41, 5.74) is -2.49. The fourth-order valence-electron chi connectivity index (χ4n) is 9.43. The van der Waals surface area contributed by atoms with Crippen LogP contribution in [0.5, 0.6) is 0 Å². The number of halogens is 1. The van der Waals surface area contributed by atoms with Gasteiger partial charge >= 0.3 is 17.9 Å². The van der Waals surface area contributed by atoms with E-state index in [0.717, 1.165) is 6.42 Å². The Morgan fingerprint density at radius 1 is 0.860 bits per heavy atom. The number of esters is 2. The van der Waals surface area contributed by atoms with Crippen LogP contribution in [0.15, 0.2) is 0 Å². The van der Waals surface area contributed by atoms with E-state index in [1.54, 1.807) is 0 Å². The van der Waals surface area contributed by atoms with E-state index < -0.39 is 78.3 Å². The van der Waals surface area contributed by atoms with Crippen molar-refractivity contribution in [2.24, 2.45) is 35.0 Å². The van der Waals surface area contributed by atoms with Crippen molar-refractivity contribution >= 4 is 23.7 Å². The highest BCUT2D eigenvalue weighted by molar-refractivity contribution is 5.83. The van der Waals surface area contributed by atoms with Gasteiger partial charge in [-0.2, -0.15) is 0 Å². The summed E-state index contributed by atoms with van der Waals surface area (Å²) in [7, 11) is 0. The van der Waals surface area contributed by atoms with Gasteiger partial charge in [0.2, 0.25) is 0 Å². The first-order chi connectivity index (χ1) is 20.2. The first-order valence-electron chi connectivity index (χ1n) is 15.3. The van der Waals surface area contributed by atoms with E-state index in [1.165, 1.54) is 13.8 Å². The molecule has 0 aromatic heterocycles. The molecule has 1 unspecified atom stereocenters. The van der Waals surface area contributed by atoms with Gasteiger partial charge in [-0.05, 0) is 68.6 Å². The van der Waals surface area contributed by atoms with Crippen LogP contribution >= 0.6 is 0 Å². The van der Waals surface area contributed by atoms with Crippen LogP contribution in [0.1, 0.15) is 72.1 Å². The molecule has 4 N–H and O–H groups in total. The van der Waals surface area contributed by atoms with Crippen molar-refractivity contribution < 1.29 is 62.9 Å². The number of carbonyl (C=O) groups is 4. The quantitative estimate of drug-likeness (QED) is 0.302. The van der Waals surface area contributed by atoms with Crippen molar-refractivity contribution in [3.63, 3.8) is 0 Å². The maximum absolute atomic E-state index is 17.7. The van der Waals surface area contributed by atoms with E-state index in [0.29, 0.717) is 38.5 Å². The van der Waals surface area contributed by atoms with Gasteiger partial charge in [-0.3, -0.25) is 14.4 Å². The highest BCUT2D eigenvalue weighted by Gasteiger charge is 2.69. The summed E-state index contributed by atoms with van der Waals surface area (Å²) < 4.78 is 39.5. The van der Waals surface area contributed by atoms with Crippen LogP contribution in [-0.4, -0.2) is 99.3 Å².